The van der Waals surface area contributed by atoms with E-state index < -0.39 is 0 Å². The summed E-state index contributed by atoms with van der Waals surface area (Å²) < 4.78 is 5.32. The molecule has 0 fully saturated rings. The average Bonchev–Trinajstić information content (AvgIpc) is 2.47. The molecule has 4 nitrogen and oxygen atoms in total. The van der Waals surface area contributed by atoms with Crippen molar-refractivity contribution in [1.29, 1.82) is 0 Å². The summed E-state index contributed by atoms with van der Waals surface area (Å²) in [5.74, 6) is 0.589. The Morgan fingerprint density at radius 3 is 2.75 bits per heavy atom. The number of nitrogens with one attached hydrogen (secondary N) is 1. The summed E-state index contributed by atoms with van der Waals surface area (Å²) in [5, 5.41) is 3.46. The van der Waals surface area contributed by atoms with Gasteiger partial charge in [0.15, 0.2) is 0 Å². The third-order valence-electron chi connectivity index (χ3n) is 3.19. The van der Waals surface area contributed by atoms with Gasteiger partial charge in [-0.25, -0.2) is 4.98 Å². The van der Waals surface area contributed by atoms with Crippen molar-refractivity contribution in [3.05, 3.63) is 53.5 Å². The van der Waals surface area contributed by atoms with Crippen LogP contribution >= 0.6 is 0 Å². The van der Waals surface area contributed by atoms with Gasteiger partial charge in [0.25, 0.3) is 0 Å². The second kappa shape index (κ2) is 7.01. The Balaban J connectivity index is 2.26. The van der Waals surface area contributed by atoms with Crippen molar-refractivity contribution >= 4 is 0 Å². The van der Waals surface area contributed by atoms with Crippen LogP contribution in [-0.4, -0.2) is 23.6 Å². The fraction of sp³-hybridized carbons (Fsp3) is 0.375. The van der Waals surface area contributed by atoms with Gasteiger partial charge in [-0.2, -0.15) is 0 Å². The zero-order valence-electron chi connectivity index (χ0n) is 12.3. The Morgan fingerprint density at radius 2 is 2.05 bits per heavy atom. The van der Waals surface area contributed by atoms with Crippen LogP contribution in [0.5, 0.6) is 5.88 Å². The number of aromatic nitrogens is 2. The van der Waals surface area contributed by atoms with Gasteiger partial charge < -0.3 is 10.1 Å². The smallest absolute Gasteiger partial charge is 0.237 e. The Kier molecular flexibility index (Phi) is 5.07. The number of nitrogens with zero attached hydrogens (tertiary/aromatic N) is 2. The van der Waals surface area contributed by atoms with Gasteiger partial charge in [0.2, 0.25) is 5.88 Å². The van der Waals surface area contributed by atoms with Crippen molar-refractivity contribution in [1.82, 2.24) is 15.3 Å². The van der Waals surface area contributed by atoms with E-state index in [9.17, 15) is 0 Å². The summed E-state index contributed by atoms with van der Waals surface area (Å²) in [6.45, 7) is 5.07. The van der Waals surface area contributed by atoms with Crippen LogP contribution in [0.2, 0.25) is 0 Å². The summed E-state index contributed by atoms with van der Waals surface area (Å²) in [7, 11) is 1.63. The van der Waals surface area contributed by atoms with Gasteiger partial charge in [-0.15, -0.1) is 0 Å². The fourth-order valence-electron chi connectivity index (χ4n) is 2.32. The average molecular weight is 271 g/mol. The van der Waals surface area contributed by atoms with Gasteiger partial charge >= 0.3 is 0 Å². The number of hydrogen-bond acceptors (Lipinski definition) is 4. The van der Waals surface area contributed by atoms with E-state index in [-0.39, 0.29) is 6.04 Å². The van der Waals surface area contributed by atoms with E-state index in [0.717, 1.165) is 18.7 Å². The number of likely N-dealkylation sites (N-methyl/N-ethyl adjacent to an activating group) is 1. The number of methoxy groups -OCH3 is 1. The predicted molar refractivity (Wildman–Crippen MR) is 79.9 cm³/mol. The molecule has 4 heteroatoms. The molecule has 0 aliphatic rings. The highest BCUT2D eigenvalue weighted by molar-refractivity contribution is 5.27. The Bertz CT molecular complexity index is 557. The van der Waals surface area contributed by atoms with Crippen LogP contribution in [0.15, 0.2) is 36.7 Å². The highest BCUT2D eigenvalue weighted by Crippen LogP contribution is 2.23. The first kappa shape index (κ1) is 14.5. The second-order valence-electron chi connectivity index (χ2n) is 4.75. The Morgan fingerprint density at radius 1 is 1.25 bits per heavy atom. The maximum absolute atomic E-state index is 5.32. The van der Waals surface area contributed by atoms with E-state index in [1.54, 1.807) is 19.5 Å². The van der Waals surface area contributed by atoms with Crippen LogP contribution in [0.4, 0.5) is 0 Å². The quantitative estimate of drug-likeness (QED) is 0.877. The van der Waals surface area contributed by atoms with Gasteiger partial charge in [0, 0.05) is 12.4 Å². The molecule has 0 aliphatic carbocycles. The van der Waals surface area contributed by atoms with Crippen molar-refractivity contribution < 1.29 is 4.74 Å². The highest BCUT2D eigenvalue weighted by atomic mass is 16.5. The SMILES string of the molecule is CCNC(Cc1cccc(C)c1)c1nccnc1OC. The van der Waals surface area contributed by atoms with Crippen molar-refractivity contribution in [3.63, 3.8) is 0 Å². The van der Waals surface area contributed by atoms with Gasteiger partial charge in [-0.1, -0.05) is 36.8 Å². The van der Waals surface area contributed by atoms with E-state index in [4.69, 9.17) is 4.74 Å². The van der Waals surface area contributed by atoms with E-state index >= 15 is 0 Å². The third kappa shape index (κ3) is 3.54. The topological polar surface area (TPSA) is 47.0 Å². The standard InChI is InChI=1S/C16H21N3O/c1-4-17-14(11-13-7-5-6-12(2)10-13)15-16(20-3)19-9-8-18-15/h5-10,14,17H,4,11H2,1-3H3. The maximum Gasteiger partial charge on any atom is 0.237 e. The monoisotopic (exact) mass is 271 g/mol. The molecule has 1 heterocycles. The van der Waals surface area contributed by atoms with Crippen LogP contribution in [-0.2, 0) is 6.42 Å². The number of benzene rings is 1. The number of hydrogen-bond donors (Lipinski definition) is 1. The zero-order chi connectivity index (χ0) is 14.4. The molecule has 0 spiro atoms. The number of ether oxygens (including phenoxy) is 1. The maximum atomic E-state index is 5.32. The van der Waals surface area contributed by atoms with Crippen LogP contribution in [0.1, 0.15) is 29.8 Å². The first-order valence-corrected chi connectivity index (χ1v) is 6.88. The molecule has 2 rings (SSSR count). The van der Waals surface area contributed by atoms with Crippen LogP contribution in [0.25, 0.3) is 0 Å². The molecule has 0 radical (unpaired) electrons. The molecule has 1 unspecified atom stereocenters. The highest BCUT2D eigenvalue weighted by Gasteiger charge is 2.18. The molecule has 0 amide bonds. The summed E-state index contributed by atoms with van der Waals surface area (Å²) in [6.07, 6.45) is 4.22. The molecule has 20 heavy (non-hydrogen) atoms. The Hall–Kier alpha value is -1.94. The normalized spacial score (nSPS) is 12.2. The first-order chi connectivity index (χ1) is 9.74. The van der Waals surface area contributed by atoms with E-state index in [1.165, 1.54) is 11.1 Å². The van der Waals surface area contributed by atoms with Gasteiger partial charge in [-0.05, 0) is 25.5 Å². The predicted octanol–water partition coefficient (Wildman–Crippen LogP) is 2.69. The second-order valence-corrected chi connectivity index (χ2v) is 4.75. The van der Waals surface area contributed by atoms with E-state index in [0.29, 0.717) is 5.88 Å². The molecule has 1 aromatic heterocycles. The molecule has 1 aromatic carbocycles. The lowest BCUT2D eigenvalue weighted by Gasteiger charge is -2.19. The molecule has 0 aliphatic heterocycles. The lowest BCUT2D eigenvalue weighted by atomic mass is 10.0. The molecule has 2 aromatic rings. The summed E-state index contributed by atoms with van der Waals surface area (Å²) in [6, 6.07) is 8.63. The van der Waals surface area contributed by atoms with E-state index in [1.807, 2.05) is 0 Å². The van der Waals surface area contributed by atoms with Crippen LogP contribution in [0, 0.1) is 6.92 Å². The summed E-state index contributed by atoms with van der Waals surface area (Å²) >= 11 is 0. The van der Waals surface area contributed by atoms with Crippen molar-refractivity contribution in [3.8, 4) is 5.88 Å². The number of rotatable bonds is 6. The van der Waals surface area contributed by atoms with Crippen LogP contribution in [0.3, 0.4) is 0 Å². The van der Waals surface area contributed by atoms with Gasteiger partial charge in [0.05, 0.1) is 13.2 Å². The molecular weight excluding hydrogens is 250 g/mol. The zero-order valence-corrected chi connectivity index (χ0v) is 12.3. The summed E-state index contributed by atoms with van der Waals surface area (Å²) in [5.41, 5.74) is 3.41. The minimum atomic E-state index is 0.102. The van der Waals surface area contributed by atoms with Crippen LogP contribution < -0.4 is 10.1 Å². The van der Waals surface area contributed by atoms with Gasteiger partial charge in [0.1, 0.15) is 5.69 Å². The summed E-state index contributed by atoms with van der Waals surface area (Å²) in [4.78, 5) is 8.67. The molecule has 0 saturated heterocycles. The molecule has 0 saturated carbocycles. The molecule has 0 bridgehead atoms. The lowest BCUT2D eigenvalue weighted by Crippen LogP contribution is -2.24. The Labute approximate surface area is 120 Å². The van der Waals surface area contributed by atoms with Crippen molar-refractivity contribution in [2.24, 2.45) is 0 Å². The molecule has 106 valence electrons. The van der Waals surface area contributed by atoms with Crippen molar-refractivity contribution in [2.45, 2.75) is 26.3 Å². The minimum absolute atomic E-state index is 0.102. The van der Waals surface area contributed by atoms with Gasteiger partial charge in [-0.3, -0.25) is 4.98 Å². The molecular formula is C16H21N3O. The largest absolute Gasteiger partial charge is 0.480 e. The third-order valence-corrected chi connectivity index (χ3v) is 3.19. The molecule has 1 N–H and O–H groups in total. The fourth-order valence-corrected chi connectivity index (χ4v) is 2.32. The number of aryl methyl sites for hydroxylation is 1. The van der Waals surface area contributed by atoms with E-state index in [2.05, 4.69) is 53.4 Å². The first-order valence-electron chi connectivity index (χ1n) is 6.88. The van der Waals surface area contributed by atoms with Crippen molar-refractivity contribution in [2.75, 3.05) is 13.7 Å². The minimum Gasteiger partial charge on any atom is -0.480 e. The lowest BCUT2D eigenvalue weighted by molar-refractivity contribution is 0.377. The molecule has 1 atom stereocenters.